The Hall–Kier alpha value is -3.27. The average Bonchev–Trinajstić information content (AvgIpc) is 3.36. The number of thiophene rings is 1. The molecule has 0 saturated carbocycles. The van der Waals surface area contributed by atoms with Gasteiger partial charge in [-0.3, -0.25) is 9.89 Å². The van der Waals surface area contributed by atoms with Gasteiger partial charge in [0.25, 0.3) is 0 Å². The summed E-state index contributed by atoms with van der Waals surface area (Å²) in [5.41, 5.74) is 2.56. The van der Waals surface area contributed by atoms with Crippen molar-refractivity contribution in [3.05, 3.63) is 29.0 Å². The Bertz CT molecular complexity index is 1250. The lowest BCUT2D eigenvalue weighted by atomic mass is 9.88. The molecule has 154 valence electrons. The van der Waals surface area contributed by atoms with Crippen LogP contribution in [0.2, 0.25) is 0 Å². The first kappa shape index (κ1) is 18.7. The quantitative estimate of drug-likeness (QED) is 0.469. The highest BCUT2D eigenvalue weighted by Crippen LogP contribution is 2.41. The summed E-state index contributed by atoms with van der Waals surface area (Å²) in [4.78, 5) is 27.7. The summed E-state index contributed by atoms with van der Waals surface area (Å²) in [5, 5.41) is 12.1. The molecule has 30 heavy (non-hydrogen) atoms. The zero-order valence-electron chi connectivity index (χ0n) is 16.6. The normalized spacial score (nSPS) is 15.9. The Morgan fingerprint density at radius 1 is 1.40 bits per heavy atom. The minimum absolute atomic E-state index is 0.0947. The zero-order chi connectivity index (χ0) is 20.7. The molecule has 0 saturated heterocycles. The van der Waals surface area contributed by atoms with Crippen LogP contribution in [0, 0.1) is 5.92 Å². The number of esters is 1. The van der Waals surface area contributed by atoms with Crippen LogP contribution in [0.4, 0.5) is 11.5 Å². The van der Waals surface area contributed by atoms with Crippen LogP contribution in [0.5, 0.6) is 5.88 Å². The van der Waals surface area contributed by atoms with E-state index >= 15 is 0 Å². The van der Waals surface area contributed by atoms with E-state index in [0.29, 0.717) is 36.1 Å². The number of fused-ring (bicyclic) bond motifs is 4. The van der Waals surface area contributed by atoms with E-state index in [4.69, 9.17) is 9.47 Å². The Balaban J connectivity index is 1.53. The molecule has 4 heterocycles. The molecule has 1 unspecified atom stereocenters. The lowest BCUT2D eigenvalue weighted by Crippen LogP contribution is -2.23. The standard InChI is InChI=1S/C20H20N6O3S/c1-3-29-20(27)10-4-5-12-14(7-10)30-19-15(12)17(21-9-22-19)24-13-6-11-8-23-26-16(11)25-18(13)28-2/h6,8-10H,3-5,7H2,1-2H3,(H,21,22,24)(H,23,25,26). The molecule has 1 atom stereocenters. The van der Waals surface area contributed by atoms with Gasteiger partial charge in [-0.1, -0.05) is 0 Å². The molecule has 0 spiro atoms. The molecule has 4 aromatic heterocycles. The number of methoxy groups -OCH3 is 1. The number of rotatable bonds is 5. The van der Waals surface area contributed by atoms with Crippen LogP contribution in [0.25, 0.3) is 21.3 Å². The molecule has 10 heteroatoms. The minimum Gasteiger partial charge on any atom is -0.479 e. The number of hydrogen-bond donors (Lipinski definition) is 2. The van der Waals surface area contributed by atoms with Gasteiger partial charge in [0.2, 0.25) is 5.88 Å². The van der Waals surface area contributed by atoms with Gasteiger partial charge < -0.3 is 14.8 Å². The molecular formula is C20H20N6O3S. The van der Waals surface area contributed by atoms with Crippen molar-refractivity contribution < 1.29 is 14.3 Å². The van der Waals surface area contributed by atoms with Crippen LogP contribution in [0.3, 0.4) is 0 Å². The monoisotopic (exact) mass is 424 g/mol. The second-order valence-corrected chi connectivity index (χ2v) is 8.16. The van der Waals surface area contributed by atoms with Gasteiger partial charge in [0.05, 0.1) is 31.2 Å². The van der Waals surface area contributed by atoms with Gasteiger partial charge in [-0.05, 0) is 37.8 Å². The number of nitrogens with one attached hydrogen (secondary N) is 2. The van der Waals surface area contributed by atoms with E-state index in [-0.39, 0.29) is 11.9 Å². The number of aromatic amines is 1. The molecule has 5 rings (SSSR count). The predicted molar refractivity (Wildman–Crippen MR) is 113 cm³/mol. The third kappa shape index (κ3) is 3.13. The first-order chi connectivity index (χ1) is 14.7. The largest absolute Gasteiger partial charge is 0.479 e. The Labute approximate surface area is 175 Å². The smallest absolute Gasteiger partial charge is 0.309 e. The fourth-order valence-corrected chi connectivity index (χ4v) is 5.17. The van der Waals surface area contributed by atoms with Gasteiger partial charge in [0, 0.05) is 10.3 Å². The third-order valence-electron chi connectivity index (χ3n) is 5.30. The maximum atomic E-state index is 12.2. The van der Waals surface area contributed by atoms with E-state index < -0.39 is 0 Å². The van der Waals surface area contributed by atoms with Crippen LogP contribution in [-0.2, 0) is 22.4 Å². The highest BCUT2D eigenvalue weighted by molar-refractivity contribution is 7.19. The van der Waals surface area contributed by atoms with Crippen molar-refractivity contribution in [2.75, 3.05) is 19.0 Å². The van der Waals surface area contributed by atoms with Crippen LogP contribution in [0.1, 0.15) is 23.8 Å². The molecule has 0 bridgehead atoms. The molecule has 0 amide bonds. The highest BCUT2D eigenvalue weighted by atomic mass is 32.1. The van der Waals surface area contributed by atoms with Crippen LogP contribution in [0.15, 0.2) is 18.6 Å². The number of H-pyrrole nitrogens is 1. The molecule has 0 aliphatic heterocycles. The van der Waals surface area contributed by atoms with Gasteiger partial charge in [0.15, 0.2) is 5.65 Å². The van der Waals surface area contributed by atoms with E-state index in [1.54, 1.807) is 31.0 Å². The Morgan fingerprint density at radius 3 is 3.13 bits per heavy atom. The second-order valence-electron chi connectivity index (χ2n) is 7.08. The van der Waals surface area contributed by atoms with E-state index in [2.05, 4.69) is 30.5 Å². The number of nitrogens with zero attached hydrogens (tertiary/aromatic N) is 4. The number of ether oxygens (including phenoxy) is 2. The summed E-state index contributed by atoms with van der Waals surface area (Å²) >= 11 is 1.62. The molecule has 2 N–H and O–H groups in total. The fraction of sp³-hybridized carbons (Fsp3) is 0.350. The van der Waals surface area contributed by atoms with Crippen LogP contribution in [-0.4, -0.2) is 44.8 Å². The van der Waals surface area contributed by atoms with Crippen molar-refractivity contribution in [3.8, 4) is 5.88 Å². The zero-order valence-corrected chi connectivity index (χ0v) is 17.4. The van der Waals surface area contributed by atoms with Gasteiger partial charge in [-0.15, -0.1) is 11.3 Å². The lowest BCUT2D eigenvalue weighted by Gasteiger charge is -2.20. The van der Waals surface area contributed by atoms with Crippen LogP contribution < -0.4 is 10.1 Å². The van der Waals surface area contributed by atoms with Crippen molar-refractivity contribution in [2.24, 2.45) is 5.92 Å². The number of carbonyl (C=O) groups is 1. The molecular weight excluding hydrogens is 404 g/mol. The summed E-state index contributed by atoms with van der Waals surface area (Å²) in [7, 11) is 1.58. The van der Waals surface area contributed by atoms with E-state index in [1.807, 2.05) is 13.0 Å². The first-order valence-electron chi connectivity index (χ1n) is 9.75. The summed E-state index contributed by atoms with van der Waals surface area (Å²) < 4.78 is 10.7. The Morgan fingerprint density at radius 2 is 2.30 bits per heavy atom. The van der Waals surface area contributed by atoms with Crippen molar-refractivity contribution in [1.82, 2.24) is 25.1 Å². The average molecular weight is 424 g/mol. The van der Waals surface area contributed by atoms with Gasteiger partial charge >= 0.3 is 5.97 Å². The van der Waals surface area contributed by atoms with Crippen molar-refractivity contribution in [3.63, 3.8) is 0 Å². The summed E-state index contributed by atoms with van der Waals surface area (Å²) in [6.07, 6.45) is 5.49. The Kier molecular flexibility index (Phi) is 4.70. The maximum Gasteiger partial charge on any atom is 0.309 e. The molecule has 1 aliphatic rings. The summed E-state index contributed by atoms with van der Waals surface area (Å²) in [6.45, 7) is 2.24. The number of aryl methyl sites for hydroxylation is 1. The molecule has 0 radical (unpaired) electrons. The second kappa shape index (κ2) is 7.52. The molecule has 0 aromatic carbocycles. The van der Waals surface area contributed by atoms with E-state index in [1.165, 1.54) is 10.4 Å². The first-order valence-corrected chi connectivity index (χ1v) is 10.6. The SMILES string of the molecule is CCOC(=O)C1CCc2c(sc3ncnc(Nc4cc5cn[nH]c5nc4OC)c23)C1. The van der Waals surface area contributed by atoms with Crippen molar-refractivity contribution >= 4 is 50.1 Å². The molecule has 9 nitrogen and oxygen atoms in total. The molecule has 1 aliphatic carbocycles. The number of pyridine rings is 1. The lowest BCUT2D eigenvalue weighted by molar-refractivity contribution is -0.148. The number of aromatic nitrogens is 5. The van der Waals surface area contributed by atoms with Crippen molar-refractivity contribution in [2.45, 2.75) is 26.2 Å². The number of carbonyl (C=O) groups excluding carboxylic acids is 1. The topological polar surface area (TPSA) is 115 Å². The van der Waals surface area contributed by atoms with Crippen molar-refractivity contribution in [1.29, 1.82) is 0 Å². The van der Waals surface area contributed by atoms with E-state index in [9.17, 15) is 4.79 Å². The fourth-order valence-electron chi connectivity index (χ4n) is 3.90. The van der Waals surface area contributed by atoms with Crippen LogP contribution >= 0.6 is 11.3 Å². The number of anilines is 2. The molecule has 4 aromatic rings. The molecule has 0 fully saturated rings. The van der Waals surface area contributed by atoms with E-state index in [0.717, 1.165) is 28.4 Å². The maximum absolute atomic E-state index is 12.2. The minimum atomic E-state index is -0.116. The van der Waals surface area contributed by atoms with Gasteiger partial charge in [-0.25, -0.2) is 9.97 Å². The third-order valence-corrected chi connectivity index (χ3v) is 6.47. The summed E-state index contributed by atoms with van der Waals surface area (Å²) in [5.74, 6) is 0.942. The highest BCUT2D eigenvalue weighted by Gasteiger charge is 2.30. The van der Waals surface area contributed by atoms with Gasteiger partial charge in [-0.2, -0.15) is 10.1 Å². The van der Waals surface area contributed by atoms with Gasteiger partial charge in [0.1, 0.15) is 22.7 Å². The summed E-state index contributed by atoms with van der Waals surface area (Å²) in [6, 6.07) is 1.92. The number of hydrogen-bond acceptors (Lipinski definition) is 9. The predicted octanol–water partition coefficient (Wildman–Crippen LogP) is 3.38.